The number of aryl methyl sites for hydroxylation is 1. The predicted molar refractivity (Wildman–Crippen MR) is 56.1 cm³/mol. The summed E-state index contributed by atoms with van der Waals surface area (Å²) < 4.78 is 0. The van der Waals surface area contributed by atoms with E-state index in [1.807, 2.05) is 12.3 Å². The first-order valence-corrected chi connectivity index (χ1v) is 5.21. The third-order valence-electron chi connectivity index (χ3n) is 1.57. The van der Waals surface area contributed by atoms with Crippen LogP contribution in [0.1, 0.15) is 10.7 Å². The van der Waals surface area contributed by atoms with Crippen LogP contribution in [0.4, 0.5) is 4.79 Å². The number of primary amides is 1. The normalized spacial score (nSPS) is 10.1. The molecule has 0 aliphatic rings. The number of hydrogen-bond donors (Lipinski definition) is 3. The van der Waals surface area contributed by atoms with E-state index in [0.717, 1.165) is 17.2 Å². The van der Waals surface area contributed by atoms with E-state index < -0.39 is 6.03 Å². The number of urea groups is 1. The van der Waals surface area contributed by atoms with Gasteiger partial charge in [0.1, 0.15) is 0 Å². The van der Waals surface area contributed by atoms with E-state index in [-0.39, 0.29) is 0 Å². The first-order chi connectivity index (χ1) is 6.68. The number of amides is 2. The molecule has 14 heavy (non-hydrogen) atoms. The van der Waals surface area contributed by atoms with Crippen LogP contribution < -0.4 is 16.4 Å². The van der Waals surface area contributed by atoms with Crippen LogP contribution in [0.15, 0.2) is 5.38 Å². The predicted octanol–water partition coefficient (Wildman–Crippen LogP) is 0.209. The van der Waals surface area contributed by atoms with Crippen molar-refractivity contribution in [2.24, 2.45) is 5.73 Å². The molecular weight excluding hydrogens is 200 g/mol. The zero-order valence-corrected chi connectivity index (χ0v) is 8.86. The molecule has 0 saturated heterocycles. The number of thiazole rings is 1. The van der Waals surface area contributed by atoms with Gasteiger partial charge in [0, 0.05) is 25.0 Å². The summed E-state index contributed by atoms with van der Waals surface area (Å²) in [6.07, 6.45) is 0. The maximum absolute atomic E-state index is 10.3. The fourth-order valence-electron chi connectivity index (χ4n) is 0.980. The second-order valence-corrected chi connectivity index (χ2v) is 3.89. The van der Waals surface area contributed by atoms with Crippen LogP contribution in [0.25, 0.3) is 0 Å². The smallest absolute Gasteiger partial charge is 0.312 e. The highest BCUT2D eigenvalue weighted by Gasteiger charge is 1.97. The molecule has 0 atom stereocenters. The van der Waals surface area contributed by atoms with Crippen LogP contribution in [0, 0.1) is 6.92 Å². The van der Waals surface area contributed by atoms with Crippen molar-refractivity contribution in [2.45, 2.75) is 13.5 Å². The summed E-state index contributed by atoms with van der Waals surface area (Å²) in [6, 6.07) is -0.490. The summed E-state index contributed by atoms with van der Waals surface area (Å²) in [7, 11) is 0. The highest BCUT2D eigenvalue weighted by molar-refractivity contribution is 7.09. The van der Waals surface area contributed by atoms with Crippen molar-refractivity contribution in [3.05, 3.63) is 16.1 Å². The Morgan fingerprint density at radius 2 is 2.43 bits per heavy atom. The summed E-state index contributed by atoms with van der Waals surface area (Å²) in [4.78, 5) is 14.6. The number of carbonyl (C=O) groups is 1. The van der Waals surface area contributed by atoms with Crippen molar-refractivity contribution >= 4 is 17.4 Å². The SMILES string of the molecule is Cc1nc(CNCCNC(N)=O)cs1. The molecule has 1 aromatic heterocycles. The average molecular weight is 214 g/mol. The van der Waals surface area contributed by atoms with Crippen molar-refractivity contribution < 1.29 is 4.79 Å². The number of nitrogens with two attached hydrogens (primary N) is 1. The summed E-state index contributed by atoms with van der Waals surface area (Å²) in [5.74, 6) is 0. The zero-order chi connectivity index (χ0) is 10.4. The van der Waals surface area contributed by atoms with E-state index >= 15 is 0 Å². The van der Waals surface area contributed by atoms with E-state index in [0.29, 0.717) is 13.1 Å². The van der Waals surface area contributed by atoms with Crippen LogP contribution >= 0.6 is 11.3 Å². The number of carbonyl (C=O) groups excluding carboxylic acids is 1. The van der Waals surface area contributed by atoms with Gasteiger partial charge in [-0.25, -0.2) is 9.78 Å². The van der Waals surface area contributed by atoms with Gasteiger partial charge in [0.2, 0.25) is 0 Å². The monoisotopic (exact) mass is 214 g/mol. The largest absolute Gasteiger partial charge is 0.352 e. The lowest BCUT2D eigenvalue weighted by atomic mass is 10.4. The van der Waals surface area contributed by atoms with E-state index in [1.54, 1.807) is 11.3 Å². The van der Waals surface area contributed by atoms with Crippen LogP contribution in [0.2, 0.25) is 0 Å². The van der Waals surface area contributed by atoms with Crippen molar-refractivity contribution in [3.63, 3.8) is 0 Å². The molecule has 5 nitrogen and oxygen atoms in total. The van der Waals surface area contributed by atoms with Crippen LogP contribution in [0.5, 0.6) is 0 Å². The van der Waals surface area contributed by atoms with E-state index in [2.05, 4.69) is 15.6 Å². The Hall–Kier alpha value is -1.14. The number of aromatic nitrogens is 1. The van der Waals surface area contributed by atoms with Crippen LogP contribution in [-0.2, 0) is 6.54 Å². The van der Waals surface area contributed by atoms with Crippen molar-refractivity contribution in [2.75, 3.05) is 13.1 Å². The molecule has 4 N–H and O–H groups in total. The molecule has 2 amide bonds. The third kappa shape index (κ3) is 4.20. The number of rotatable bonds is 5. The molecule has 0 aliphatic heterocycles. The molecule has 0 saturated carbocycles. The second-order valence-electron chi connectivity index (χ2n) is 2.83. The number of nitrogens with one attached hydrogen (secondary N) is 2. The molecule has 0 bridgehead atoms. The maximum Gasteiger partial charge on any atom is 0.312 e. The van der Waals surface area contributed by atoms with E-state index in [9.17, 15) is 4.79 Å². The van der Waals surface area contributed by atoms with Gasteiger partial charge in [-0.15, -0.1) is 11.3 Å². The van der Waals surface area contributed by atoms with Gasteiger partial charge in [0.05, 0.1) is 10.7 Å². The van der Waals surface area contributed by atoms with Crippen LogP contribution in [-0.4, -0.2) is 24.1 Å². The first-order valence-electron chi connectivity index (χ1n) is 4.33. The minimum Gasteiger partial charge on any atom is -0.352 e. The minimum atomic E-state index is -0.490. The Kier molecular flexibility index (Phi) is 4.34. The Morgan fingerprint density at radius 3 is 3.00 bits per heavy atom. The summed E-state index contributed by atoms with van der Waals surface area (Å²) in [6.45, 7) is 3.94. The standard InChI is InChI=1S/C8H14N4OS/c1-6-12-7(5-14-6)4-10-2-3-11-8(9)13/h5,10H,2-4H2,1H3,(H3,9,11,13). The Bertz CT molecular complexity index is 299. The van der Waals surface area contributed by atoms with E-state index in [1.165, 1.54) is 0 Å². The molecular formula is C8H14N4OS. The molecule has 0 aromatic carbocycles. The summed E-state index contributed by atoms with van der Waals surface area (Å²) in [5.41, 5.74) is 5.93. The molecule has 1 heterocycles. The van der Waals surface area contributed by atoms with Crippen molar-refractivity contribution in [1.82, 2.24) is 15.6 Å². The molecule has 1 rings (SSSR count). The quantitative estimate of drug-likeness (QED) is 0.613. The molecule has 0 radical (unpaired) electrons. The highest BCUT2D eigenvalue weighted by Crippen LogP contribution is 2.06. The van der Waals surface area contributed by atoms with Gasteiger partial charge in [-0.2, -0.15) is 0 Å². The van der Waals surface area contributed by atoms with Gasteiger partial charge in [-0.1, -0.05) is 0 Å². The highest BCUT2D eigenvalue weighted by atomic mass is 32.1. The molecule has 0 spiro atoms. The first kappa shape index (κ1) is 10.9. The summed E-state index contributed by atoms with van der Waals surface area (Å²) in [5, 5.41) is 8.72. The Labute approximate surface area is 86.7 Å². The van der Waals surface area contributed by atoms with Gasteiger partial charge in [-0.3, -0.25) is 0 Å². The van der Waals surface area contributed by atoms with Crippen molar-refractivity contribution in [3.8, 4) is 0 Å². The van der Waals surface area contributed by atoms with Gasteiger partial charge in [-0.05, 0) is 6.92 Å². The molecule has 0 unspecified atom stereocenters. The number of hydrogen-bond acceptors (Lipinski definition) is 4. The van der Waals surface area contributed by atoms with Crippen LogP contribution in [0.3, 0.4) is 0 Å². The molecule has 1 aromatic rings. The van der Waals surface area contributed by atoms with Gasteiger partial charge in [0.25, 0.3) is 0 Å². The maximum atomic E-state index is 10.3. The molecule has 78 valence electrons. The molecule has 0 fully saturated rings. The Morgan fingerprint density at radius 1 is 1.64 bits per heavy atom. The third-order valence-corrected chi connectivity index (χ3v) is 2.40. The minimum absolute atomic E-state index is 0.490. The van der Waals surface area contributed by atoms with Gasteiger partial charge < -0.3 is 16.4 Å². The van der Waals surface area contributed by atoms with E-state index in [4.69, 9.17) is 5.73 Å². The van der Waals surface area contributed by atoms with Gasteiger partial charge in [0.15, 0.2) is 0 Å². The fraction of sp³-hybridized carbons (Fsp3) is 0.500. The fourth-order valence-corrected chi connectivity index (χ4v) is 1.59. The average Bonchev–Trinajstić information content (AvgIpc) is 2.50. The second kappa shape index (κ2) is 5.56. The van der Waals surface area contributed by atoms with Crippen molar-refractivity contribution in [1.29, 1.82) is 0 Å². The molecule has 6 heteroatoms. The lowest BCUT2D eigenvalue weighted by Crippen LogP contribution is -2.35. The zero-order valence-electron chi connectivity index (χ0n) is 8.04. The number of nitrogens with zero attached hydrogens (tertiary/aromatic N) is 1. The lowest BCUT2D eigenvalue weighted by molar-refractivity contribution is 0.249. The Balaban J connectivity index is 2.07. The lowest BCUT2D eigenvalue weighted by Gasteiger charge is -2.02. The van der Waals surface area contributed by atoms with Gasteiger partial charge >= 0.3 is 6.03 Å². The molecule has 0 aliphatic carbocycles. The topological polar surface area (TPSA) is 80.0 Å². The summed E-state index contributed by atoms with van der Waals surface area (Å²) >= 11 is 1.63.